The van der Waals surface area contributed by atoms with Crippen LogP contribution in [0.4, 0.5) is 0 Å². The highest BCUT2D eigenvalue weighted by Gasteiger charge is 2.25. The molecule has 1 saturated heterocycles. The van der Waals surface area contributed by atoms with Crippen molar-refractivity contribution in [2.45, 2.75) is 38.8 Å². The van der Waals surface area contributed by atoms with Crippen molar-refractivity contribution < 1.29 is 9.53 Å². The van der Waals surface area contributed by atoms with Crippen LogP contribution >= 0.6 is 0 Å². The van der Waals surface area contributed by atoms with Gasteiger partial charge in [-0.25, -0.2) is 0 Å². The van der Waals surface area contributed by atoms with Crippen LogP contribution in [-0.2, 0) is 9.53 Å². The summed E-state index contributed by atoms with van der Waals surface area (Å²) in [5, 5.41) is 6.39. The van der Waals surface area contributed by atoms with Crippen molar-refractivity contribution in [2.75, 3.05) is 19.6 Å². The molecule has 0 amide bonds. The Morgan fingerprint density at radius 1 is 1.29 bits per heavy atom. The van der Waals surface area contributed by atoms with E-state index in [1.807, 2.05) is 20.8 Å². The molecule has 0 radical (unpaired) electrons. The highest BCUT2D eigenvalue weighted by molar-refractivity contribution is 5.76. The molecule has 1 aliphatic heterocycles. The monoisotopic (exact) mass is 200 g/mol. The summed E-state index contributed by atoms with van der Waals surface area (Å²) in [5.74, 6) is -0.138. The maximum absolute atomic E-state index is 11.7. The number of hydrogen-bond acceptors (Lipinski definition) is 4. The smallest absolute Gasteiger partial charge is 0.323 e. The molecular weight excluding hydrogens is 180 g/mol. The van der Waals surface area contributed by atoms with Crippen molar-refractivity contribution in [2.24, 2.45) is 0 Å². The largest absolute Gasteiger partial charge is 0.459 e. The predicted molar refractivity (Wildman–Crippen MR) is 55.1 cm³/mol. The van der Waals surface area contributed by atoms with Crippen molar-refractivity contribution in [1.82, 2.24) is 10.6 Å². The van der Waals surface area contributed by atoms with Crippen LogP contribution in [-0.4, -0.2) is 37.2 Å². The van der Waals surface area contributed by atoms with Gasteiger partial charge in [-0.1, -0.05) is 0 Å². The predicted octanol–water partition coefficient (Wildman–Crippen LogP) is 0.280. The molecule has 0 aromatic heterocycles. The summed E-state index contributed by atoms with van der Waals surface area (Å²) in [6, 6.07) is -0.149. The first kappa shape index (κ1) is 11.5. The molecule has 1 fully saturated rings. The van der Waals surface area contributed by atoms with Crippen molar-refractivity contribution in [3.05, 3.63) is 0 Å². The normalized spacial score (nSPS) is 24.1. The molecule has 4 heteroatoms. The molecule has 0 aromatic rings. The van der Waals surface area contributed by atoms with Crippen LogP contribution in [0.2, 0.25) is 0 Å². The van der Waals surface area contributed by atoms with E-state index in [4.69, 9.17) is 4.74 Å². The zero-order chi connectivity index (χ0) is 10.6. The lowest BCUT2D eigenvalue weighted by atomic mass is 10.1. The summed E-state index contributed by atoms with van der Waals surface area (Å²) < 4.78 is 5.30. The van der Waals surface area contributed by atoms with Crippen LogP contribution in [0.25, 0.3) is 0 Å². The van der Waals surface area contributed by atoms with Gasteiger partial charge in [-0.05, 0) is 33.7 Å². The Morgan fingerprint density at radius 3 is 2.64 bits per heavy atom. The van der Waals surface area contributed by atoms with Gasteiger partial charge in [0.2, 0.25) is 0 Å². The molecule has 1 heterocycles. The van der Waals surface area contributed by atoms with E-state index in [0.29, 0.717) is 0 Å². The third-order valence-electron chi connectivity index (χ3n) is 1.99. The second-order valence-corrected chi connectivity index (χ2v) is 4.58. The zero-order valence-corrected chi connectivity index (χ0v) is 9.22. The molecule has 0 saturated carbocycles. The van der Waals surface area contributed by atoms with Gasteiger partial charge in [0.15, 0.2) is 0 Å². The summed E-state index contributed by atoms with van der Waals surface area (Å²) in [4.78, 5) is 11.7. The fourth-order valence-electron chi connectivity index (χ4n) is 1.38. The van der Waals surface area contributed by atoms with Crippen LogP contribution in [0.15, 0.2) is 0 Å². The Bertz CT molecular complexity index is 191. The summed E-state index contributed by atoms with van der Waals surface area (Å²) in [7, 11) is 0. The average Bonchev–Trinajstić information content (AvgIpc) is 2.27. The Labute approximate surface area is 85.4 Å². The molecule has 0 unspecified atom stereocenters. The number of rotatable bonds is 1. The molecule has 1 aliphatic rings. The lowest BCUT2D eigenvalue weighted by Crippen LogP contribution is -2.41. The molecule has 2 N–H and O–H groups in total. The number of carbonyl (C=O) groups excluding carboxylic acids is 1. The lowest BCUT2D eigenvalue weighted by Gasteiger charge is -2.23. The first-order chi connectivity index (χ1) is 6.49. The minimum absolute atomic E-state index is 0.138. The Kier molecular flexibility index (Phi) is 3.89. The Hall–Kier alpha value is -0.610. The molecule has 0 spiro atoms. The first-order valence-electron chi connectivity index (χ1n) is 5.16. The second-order valence-electron chi connectivity index (χ2n) is 4.58. The average molecular weight is 200 g/mol. The molecule has 0 aliphatic carbocycles. The second kappa shape index (κ2) is 4.75. The molecule has 4 nitrogen and oxygen atoms in total. The van der Waals surface area contributed by atoms with Gasteiger partial charge in [0, 0.05) is 13.1 Å². The standard InChI is InChI=1S/C10H20N2O2/c1-10(2,3)14-9(13)8-4-5-11-6-7-12-8/h8,11-12H,4-7H2,1-3H3/t8-/m0/s1. The van der Waals surface area contributed by atoms with E-state index < -0.39 is 5.60 Å². The van der Waals surface area contributed by atoms with Crippen LogP contribution in [0, 0.1) is 0 Å². The van der Waals surface area contributed by atoms with Crippen molar-refractivity contribution in [1.29, 1.82) is 0 Å². The number of hydrogen-bond donors (Lipinski definition) is 2. The quantitative estimate of drug-likeness (QED) is 0.597. The fourth-order valence-corrected chi connectivity index (χ4v) is 1.38. The van der Waals surface area contributed by atoms with E-state index in [-0.39, 0.29) is 12.0 Å². The van der Waals surface area contributed by atoms with Crippen molar-refractivity contribution in [3.63, 3.8) is 0 Å². The number of carbonyl (C=O) groups is 1. The Morgan fingerprint density at radius 2 is 2.00 bits per heavy atom. The Balaban J connectivity index is 2.42. The number of ether oxygens (including phenoxy) is 1. The van der Waals surface area contributed by atoms with Crippen LogP contribution in [0.3, 0.4) is 0 Å². The molecule has 1 rings (SSSR count). The maximum Gasteiger partial charge on any atom is 0.323 e. The van der Waals surface area contributed by atoms with E-state index in [1.165, 1.54) is 0 Å². The van der Waals surface area contributed by atoms with Gasteiger partial charge < -0.3 is 15.4 Å². The SMILES string of the molecule is CC(C)(C)OC(=O)[C@@H]1CCNCCN1. The molecule has 14 heavy (non-hydrogen) atoms. The zero-order valence-electron chi connectivity index (χ0n) is 9.22. The fraction of sp³-hybridized carbons (Fsp3) is 0.900. The van der Waals surface area contributed by atoms with Crippen LogP contribution in [0.1, 0.15) is 27.2 Å². The highest BCUT2D eigenvalue weighted by Crippen LogP contribution is 2.09. The molecule has 0 aromatic carbocycles. The summed E-state index contributed by atoms with van der Waals surface area (Å²) >= 11 is 0. The summed E-state index contributed by atoms with van der Waals surface area (Å²) in [5.41, 5.74) is -0.390. The summed E-state index contributed by atoms with van der Waals surface area (Å²) in [6.07, 6.45) is 0.801. The van der Waals surface area contributed by atoms with Gasteiger partial charge in [-0.15, -0.1) is 0 Å². The maximum atomic E-state index is 11.7. The molecular formula is C10H20N2O2. The van der Waals surface area contributed by atoms with E-state index in [0.717, 1.165) is 26.1 Å². The number of nitrogens with one attached hydrogen (secondary N) is 2. The van der Waals surface area contributed by atoms with Gasteiger partial charge in [0.1, 0.15) is 11.6 Å². The molecule has 1 atom stereocenters. The van der Waals surface area contributed by atoms with Crippen molar-refractivity contribution >= 4 is 5.97 Å². The van der Waals surface area contributed by atoms with E-state index in [2.05, 4.69) is 10.6 Å². The van der Waals surface area contributed by atoms with E-state index in [1.54, 1.807) is 0 Å². The molecule has 0 bridgehead atoms. The van der Waals surface area contributed by atoms with E-state index >= 15 is 0 Å². The lowest BCUT2D eigenvalue weighted by molar-refractivity contribution is -0.157. The number of esters is 1. The third kappa shape index (κ3) is 4.07. The first-order valence-corrected chi connectivity index (χ1v) is 5.16. The summed E-state index contributed by atoms with van der Waals surface area (Å²) in [6.45, 7) is 8.28. The van der Waals surface area contributed by atoms with Crippen molar-refractivity contribution in [3.8, 4) is 0 Å². The van der Waals surface area contributed by atoms with Gasteiger partial charge in [-0.3, -0.25) is 4.79 Å². The molecule has 82 valence electrons. The van der Waals surface area contributed by atoms with Crippen LogP contribution in [0.5, 0.6) is 0 Å². The van der Waals surface area contributed by atoms with Gasteiger partial charge in [-0.2, -0.15) is 0 Å². The van der Waals surface area contributed by atoms with Gasteiger partial charge >= 0.3 is 5.97 Å². The topological polar surface area (TPSA) is 50.4 Å². The minimum atomic E-state index is -0.390. The minimum Gasteiger partial charge on any atom is -0.459 e. The van der Waals surface area contributed by atoms with Crippen LogP contribution < -0.4 is 10.6 Å². The van der Waals surface area contributed by atoms with Gasteiger partial charge in [0.25, 0.3) is 0 Å². The van der Waals surface area contributed by atoms with Gasteiger partial charge in [0.05, 0.1) is 0 Å². The van der Waals surface area contributed by atoms with E-state index in [9.17, 15) is 4.79 Å². The third-order valence-corrected chi connectivity index (χ3v) is 1.99. The highest BCUT2D eigenvalue weighted by atomic mass is 16.6.